The van der Waals surface area contributed by atoms with Crippen LogP contribution in [0.2, 0.25) is 0 Å². The lowest BCUT2D eigenvalue weighted by Crippen LogP contribution is -2.50. The van der Waals surface area contributed by atoms with Gasteiger partial charge in [0, 0.05) is 12.1 Å². The fourth-order valence-corrected chi connectivity index (χ4v) is 3.09. The van der Waals surface area contributed by atoms with E-state index in [2.05, 4.69) is 26.1 Å². The summed E-state index contributed by atoms with van der Waals surface area (Å²) in [5.41, 5.74) is 0.625. The van der Waals surface area contributed by atoms with Gasteiger partial charge in [-0.2, -0.15) is 0 Å². The van der Waals surface area contributed by atoms with E-state index in [-0.39, 0.29) is 0 Å². The quantitative estimate of drug-likeness (QED) is 0.690. The smallest absolute Gasteiger partial charge is 0.00952 e. The zero-order valence-corrected chi connectivity index (χ0v) is 9.27. The first-order valence-corrected chi connectivity index (χ1v) is 5.83. The molecule has 2 aliphatic rings. The molecule has 1 heteroatoms. The molecule has 0 saturated heterocycles. The lowest BCUT2D eigenvalue weighted by molar-refractivity contribution is 0.112. The molecule has 2 rings (SSSR count). The summed E-state index contributed by atoms with van der Waals surface area (Å²) in [6.45, 7) is 7.15. The highest BCUT2D eigenvalue weighted by molar-refractivity contribution is 4.94. The second-order valence-electron chi connectivity index (χ2n) is 5.95. The van der Waals surface area contributed by atoms with Gasteiger partial charge in [-0.25, -0.2) is 0 Å². The molecule has 0 spiro atoms. The molecule has 0 aromatic carbocycles. The predicted molar refractivity (Wildman–Crippen MR) is 56.7 cm³/mol. The van der Waals surface area contributed by atoms with Crippen LogP contribution in [0.3, 0.4) is 0 Å². The van der Waals surface area contributed by atoms with Gasteiger partial charge in [-0.15, -0.1) is 0 Å². The van der Waals surface area contributed by atoms with E-state index in [1.165, 1.54) is 32.1 Å². The van der Waals surface area contributed by atoms with Crippen LogP contribution in [-0.4, -0.2) is 12.1 Å². The van der Waals surface area contributed by atoms with E-state index >= 15 is 0 Å². The Bertz CT molecular complexity index is 178. The van der Waals surface area contributed by atoms with Gasteiger partial charge in [-0.3, -0.25) is 0 Å². The van der Waals surface area contributed by atoms with E-state index in [0.717, 1.165) is 18.0 Å². The van der Waals surface area contributed by atoms with Crippen molar-refractivity contribution in [3.05, 3.63) is 0 Å². The number of hydrogen-bond donors (Lipinski definition) is 1. The molecule has 0 amide bonds. The minimum Gasteiger partial charge on any atom is -0.311 e. The highest BCUT2D eigenvalue weighted by Gasteiger charge is 2.38. The van der Waals surface area contributed by atoms with Gasteiger partial charge >= 0.3 is 0 Å². The first kappa shape index (κ1) is 9.51. The zero-order valence-electron chi connectivity index (χ0n) is 9.27. The fourth-order valence-electron chi connectivity index (χ4n) is 3.09. The van der Waals surface area contributed by atoms with Crippen molar-refractivity contribution in [2.75, 3.05) is 0 Å². The Hall–Kier alpha value is -0.0400. The molecule has 2 fully saturated rings. The molecule has 76 valence electrons. The van der Waals surface area contributed by atoms with Crippen LogP contribution in [0, 0.1) is 11.3 Å². The summed E-state index contributed by atoms with van der Waals surface area (Å²) >= 11 is 0. The maximum Gasteiger partial charge on any atom is 0.00952 e. The maximum absolute atomic E-state index is 3.82. The van der Waals surface area contributed by atoms with Crippen LogP contribution in [0.25, 0.3) is 0 Å². The third kappa shape index (κ3) is 2.07. The fraction of sp³-hybridized carbons (Fsp3) is 1.00. The van der Waals surface area contributed by atoms with Crippen LogP contribution in [0.1, 0.15) is 52.9 Å². The molecule has 1 N–H and O–H groups in total. The van der Waals surface area contributed by atoms with Gasteiger partial charge < -0.3 is 5.32 Å². The van der Waals surface area contributed by atoms with E-state index < -0.39 is 0 Å². The Morgan fingerprint density at radius 1 is 1.15 bits per heavy atom. The van der Waals surface area contributed by atoms with Crippen molar-refractivity contribution in [3.8, 4) is 0 Å². The molecule has 0 aliphatic heterocycles. The molecule has 0 heterocycles. The number of rotatable bonds is 2. The van der Waals surface area contributed by atoms with Crippen molar-refractivity contribution in [1.82, 2.24) is 5.32 Å². The first-order valence-electron chi connectivity index (χ1n) is 5.83. The second-order valence-corrected chi connectivity index (χ2v) is 5.95. The number of nitrogens with one attached hydrogen (secondary N) is 1. The Morgan fingerprint density at radius 2 is 1.85 bits per heavy atom. The summed E-state index contributed by atoms with van der Waals surface area (Å²) in [7, 11) is 0. The molecular formula is C12H23N. The van der Waals surface area contributed by atoms with Gasteiger partial charge in [-0.1, -0.05) is 27.2 Å². The molecule has 0 aromatic rings. The van der Waals surface area contributed by atoms with E-state index in [4.69, 9.17) is 0 Å². The van der Waals surface area contributed by atoms with Crippen molar-refractivity contribution >= 4 is 0 Å². The molecule has 13 heavy (non-hydrogen) atoms. The summed E-state index contributed by atoms with van der Waals surface area (Å²) in [4.78, 5) is 0. The molecule has 1 nitrogen and oxygen atoms in total. The van der Waals surface area contributed by atoms with Crippen LogP contribution in [0.15, 0.2) is 0 Å². The van der Waals surface area contributed by atoms with Crippen LogP contribution in [0.4, 0.5) is 0 Å². The Morgan fingerprint density at radius 3 is 2.31 bits per heavy atom. The van der Waals surface area contributed by atoms with Gasteiger partial charge in [0.1, 0.15) is 0 Å². The highest BCUT2D eigenvalue weighted by Crippen LogP contribution is 2.41. The highest BCUT2D eigenvalue weighted by atomic mass is 15.0. The average molecular weight is 181 g/mol. The van der Waals surface area contributed by atoms with Crippen molar-refractivity contribution in [2.45, 2.75) is 65.0 Å². The minimum absolute atomic E-state index is 0.625. The van der Waals surface area contributed by atoms with Crippen molar-refractivity contribution < 1.29 is 0 Å². The molecule has 2 saturated carbocycles. The predicted octanol–water partition coefficient (Wildman–Crippen LogP) is 2.95. The summed E-state index contributed by atoms with van der Waals surface area (Å²) < 4.78 is 0. The molecule has 2 unspecified atom stereocenters. The molecule has 0 bridgehead atoms. The van der Waals surface area contributed by atoms with Crippen molar-refractivity contribution in [1.29, 1.82) is 0 Å². The van der Waals surface area contributed by atoms with Gasteiger partial charge in [0.25, 0.3) is 0 Å². The average Bonchev–Trinajstić information content (AvgIpc) is 2.33. The van der Waals surface area contributed by atoms with Crippen LogP contribution < -0.4 is 5.32 Å². The van der Waals surface area contributed by atoms with Gasteiger partial charge in [0.2, 0.25) is 0 Å². The third-order valence-electron chi connectivity index (χ3n) is 3.91. The van der Waals surface area contributed by atoms with Crippen LogP contribution >= 0.6 is 0 Å². The SMILES string of the molecule is CC1CCCC1NC1CC(C)(C)C1. The van der Waals surface area contributed by atoms with Gasteiger partial charge in [0.05, 0.1) is 0 Å². The minimum atomic E-state index is 0.625. The standard InChI is InChI=1S/C12H23N/c1-9-5-4-6-11(9)13-10-7-12(2,3)8-10/h9-11,13H,4-8H2,1-3H3. The lowest BCUT2D eigenvalue weighted by Gasteiger charge is -2.44. The van der Waals surface area contributed by atoms with Crippen LogP contribution in [0.5, 0.6) is 0 Å². The topological polar surface area (TPSA) is 12.0 Å². The largest absolute Gasteiger partial charge is 0.311 e. The van der Waals surface area contributed by atoms with E-state index in [1.54, 1.807) is 0 Å². The Labute approximate surface area is 82.3 Å². The third-order valence-corrected chi connectivity index (χ3v) is 3.91. The van der Waals surface area contributed by atoms with E-state index in [0.29, 0.717) is 5.41 Å². The molecule has 2 aliphatic carbocycles. The Kier molecular flexibility index (Phi) is 2.39. The normalized spacial score (nSPS) is 39.0. The molecular weight excluding hydrogens is 158 g/mol. The Balaban J connectivity index is 1.74. The van der Waals surface area contributed by atoms with E-state index in [9.17, 15) is 0 Å². The summed E-state index contributed by atoms with van der Waals surface area (Å²) in [5.74, 6) is 0.920. The van der Waals surface area contributed by atoms with Crippen molar-refractivity contribution in [3.63, 3.8) is 0 Å². The summed E-state index contributed by atoms with van der Waals surface area (Å²) in [5, 5.41) is 3.82. The van der Waals surface area contributed by atoms with Gasteiger partial charge in [0.15, 0.2) is 0 Å². The van der Waals surface area contributed by atoms with Gasteiger partial charge in [-0.05, 0) is 37.0 Å². The molecule has 0 aromatic heterocycles. The lowest BCUT2D eigenvalue weighted by atomic mass is 9.68. The maximum atomic E-state index is 3.82. The van der Waals surface area contributed by atoms with Crippen molar-refractivity contribution in [2.24, 2.45) is 11.3 Å². The van der Waals surface area contributed by atoms with E-state index in [1.807, 2.05) is 0 Å². The molecule has 0 radical (unpaired) electrons. The summed E-state index contributed by atoms with van der Waals surface area (Å²) in [6.07, 6.45) is 7.06. The van der Waals surface area contributed by atoms with Crippen LogP contribution in [-0.2, 0) is 0 Å². The second kappa shape index (κ2) is 3.27. The summed E-state index contributed by atoms with van der Waals surface area (Å²) in [6, 6.07) is 1.67. The zero-order chi connectivity index (χ0) is 9.47. The molecule has 2 atom stereocenters. The number of hydrogen-bond acceptors (Lipinski definition) is 1. The monoisotopic (exact) mass is 181 g/mol. The first-order chi connectivity index (χ1) is 6.07.